The van der Waals surface area contributed by atoms with E-state index in [1.807, 2.05) is 7.05 Å². The predicted molar refractivity (Wildman–Crippen MR) is 92.4 cm³/mol. The molecule has 1 atom stereocenters. The first-order valence-electron chi connectivity index (χ1n) is 8.08. The molecule has 0 spiro atoms. The highest BCUT2D eigenvalue weighted by Gasteiger charge is 2.29. The summed E-state index contributed by atoms with van der Waals surface area (Å²) in [7, 11) is 1.87. The molecule has 1 aromatic heterocycles. The van der Waals surface area contributed by atoms with Gasteiger partial charge in [-0.05, 0) is 12.8 Å². The molecule has 0 radical (unpaired) electrons. The Morgan fingerprint density at radius 1 is 1.45 bits per heavy atom. The molecular weight excluding hydrogens is 294 g/mol. The summed E-state index contributed by atoms with van der Waals surface area (Å²) in [6, 6.07) is 0.652. The summed E-state index contributed by atoms with van der Waals surface area (Å²) in [5, 5.41) is 6.81. The van der Waals surface area contributed by atoms with E-state index in [9.17, 15) is 0 Å². The van der Waals surface area contributed by atoms with E-state index in [1.165, 1.54) is 11.4 Å². The lowest BCUT2D eigenvalue weighted by Crippen LogP contribution is -2.42. The van der Waals surface area contributed by atoms with E-state index in [1.54, 1.807) is 11.3 Å². The number of hydrogen-bond donors (Lipinski definition) is 1. The number of nitrogens with one attached hydrogen (secondary N) is 1. The summed E-state index contributed by atoms with van der Waals surface area (Å²) >= 11 is 1.74. The van der Waals surface area contributed by atoms with Gasteiger partial charge < -0.3 is 10.2 Å². The summed E-state index contributed by atoms with van der Waals surface area (Å²) in [6.07, 6.45) is 6.77. The van der Waals surface area contributed by atoms with Crippen molar-refractivity contribution in [3.05, 3.63) is 28.2 Å². The molecule has 3 rings (SSSR count). The van der Waals surface area contributed by atoms with Gasteiger partial charge in [0.15, 0.2) is 5.96 Å². The van der Waals surface area contributed by atoms with Crippen LogP contribution in [0.15, 0.2) is 22.5 Å². The molecule has 120 valence electrons. The van der Waals surface area contributed by atoms with Gasteiger partial charge in [-0.15, -0.1) is 11.3 Å². The maximum Gasteiger partial charge on any atom is 0.194 e. The monoisotopic (exact) mass is 319 g/mol. The molecule has 0 saturated carbocycles. The van der Waals surface area contributed by atoms with Crippen LogP contribution in [0.4, 0.5) is 0 Å². The molecule has 1 N–H and O–H groups in total. The van der Waals surface area contributed by atoms with Crippen LogP contribution in [-0.4, -0.2) is 60.0 Å². The minimum Gasteiger partial charge on any atom is -0.351 e. The van der Waals surface area contributed by atoms with Crippen molar-refractivity contribution < 1.29 is 0 Å². The number of nitrogens with zero attached hydrogens (tertiary/aromatic N) is 4. The molecule has 22 heavy (non-hydrogen) atoms. The number of aliphatic imine (C=N–C) groups is 1. The third-order valence-corrected chi connectivity index (χ3v) is 5.41. The van der Waals surface area contributed by atoms with Gasteiger partial charge in [-0.1, -0.05) is 19.1 Å². The van der Waals surface area contributed by atoms with Crippen molar-refractivity contribution in [1.82, 2.24) is 20.1 Å². The quantitative estimate of drug-likeness (QED) is 0.521. The molecule has 0 bridgehead atoms. The summed E-state index contributed by atoms with van der Waals surface area (Å²) < 4.78 is 0. The molecule has 6 heteroatoms. The van der Waals surface area contributed by atoms with Gasteiger partial charge in [-0.25, -0.2) is 4.98 Å². The van der Waals surface area contributed by atoms with Crippen LogP contribution in [0.3, 0.4) is 0 Å². The molecule has 1 fully saturated rings. The van der Waals surface area contributed by atoms with E-state index < -0.39 is 0 Å². The summed E-state index contributed by atoms with van der Waals surface area (Å²) in [5.74, 6) is 1.00. The second kappa shape index (κ2) is 7.24. The normalized spacial score (nSPS) is 22.7. The van der Waals surface area contributed by atoms with Crippen molar-refractivity contribution in [2.24, 2.45) is 4.99 Å². The molecule has 0 aromatic carbocycles. The lowest BCUT2D eigenvalue weighted by atomic mass is 10.2. The smallest absolute Gasteiger partial charge is 0.194 e. The number of aromatic nitrogens is 1. The Bertz CT molecular complexity index is 542. The fraction of sp³-hybridized carbons (Fsp3) is 0.625. The average molecular weight is 319 g/mol. The maximum atomic E-state index is 4.61. The van der Waals surface area contributed by atoms with E-state index in [4.69, 9.17) is 0 Å². The minimum absolute atomic E-state index is 0.652. The van der Waals surface area contributed by atoms with Gasteiger partial charge in [0.1, 0.15) is 0 Å². The van der Waals surface area contributed by atoms with Gasteiger partial charge in [0, 0.05) is 44.6 Å². The van der Waals surface area contributed by atoms with E-state index in [0.717, 1.165) is 50.8 Å². The third-order valence-electron chi connectivity index (χ3n) is 4.37. The predicted octanol–water partition coefficient (Wildman–Crippen LogP) is 1.73. The van der Waals surface area contributed by atoms with E-state index in [-0.39, 0.29) is 0 Å². The van der Waals surface area contributed by atoms with Crippen molar-refractivity contribution in [2.75, 3.05) is 33.2 Å². The highest BCUT2D eigenvalue weighted by molar-refractivity contribution is 7.09. The third kappa shape index (κ3) is 3.50. The largest absolute Gasteiger partial charge is 0.351 e. The fourth-order valence-electron chi connectivity index (χ4n) is 3.12. The number of hydrogen-bond acceptors (Lipinski definition) is 4. The van der Waals surface area contributed by atoms with Crippen LogP contribution in [0.25, 0.3) is 0 Å². The summed E-state index contributed by atoms with van der Waals surface area (Å²) in [6.45, 7) is 7.26. The Balaban J connectivity index is 1.51. The second-order valence-corrected chi connectivity index (χ2v) is 6.74. The van der Waals surface area contributed by atoms with E-state index in [2.05, 4.69) is 49.5 Å². The SMILES string of the molecule is CCc1nc(CNC(=NC)N2CCC(N3CC=CC3)C2)cs1. The van der Waals surface area contributed by atoms with Crippen molar-refractivity contribution in [3.8, 4) is 0 Å². The van der Waals surface area contributed by atoms with Crippen LogP contribution in [0.2, 0.25) is 0 Å². The lowest BCUT2D eigenvalue weighted by molar-refractivity contribution is 0.259. The van der Waals surface area contributed by atoms with Crippen LogP contribution in [0, 0.1) is 0 Å². The molecule has 1 saturated heterocycles. The summed E-state index contributed by atoms with van der Waals surface area (Å²) in [5.41, 5.74) is 1.11. The van der Waals surface area contributed by atoms with Crippen LogP contribution in [-0.2, 0) is 13.0 Å². The minimum atomic E-state index is 0.652. The fourth-order valence-corrected chi connectivity index (χ4v) is 3.86. The van der Waals surface area contributed by atoms with Gasteiger partial charge in [-0.3, -0.25) is 9.89 Å². The van der Waals surface area contributed by atoms with Crippen molar-refractivity contribution >= 4 is 17.3 Å². The Kier molecular flexibility index (Phi) is 5.10. The zero-order chi connectivity index (χ0) is 15.4. The maximum absolute atomic E-state index is 4.61. The molecular formula is C16H25N5S. The first-order chi connectivity index (χ1) is 10.8. The zero-order valence-electron chi connectivity index (χ0n) is 13.5. The first-order valence-corrected chi connectivity index (χ1v) is 8.96. The molecule has 1 aromatic rings. The number of rotatable bonds is 4. The number of likely N-dealkylation sites (tertiary alicyclic amines) is 1. The van der Waals surface area contributed by atoms with Crippen LogP contribution in [0.5, 0.6) is 0 Å². The van der Waals surface area contributed by atoms with Crippen LogP contribution in [0.1, 0.15) is 24.0 Å². The molecule has 3 heterocycles. The van der Waals surface area contributed by atoms with Gasteiger partial charge >= 0.3 is 0 Å². The van der Waals surface area contributed by atoms with Gasteiger partial charge in [-0.2, -0.15) is 0 Å². The zero-order valence-corrected chi connectivity index (χ0v) is 14.3. The Labute approximate surface area is 136 Å². The van der Waals surface area contributed by atoms with E-state index >= 15 is 0 Å². The van der Waals surface area contributed by atoms with Crippen molar-refractivity contribution in [2.45, 2.75) is 32.4 Å². The number of thiazole rings is 1. The van der Waals surface area contributed by atoms with E-state index in [0.29, 0.717) is 6.04 Å². The molecule has 0 amide bonds. The summed E-state index contributed by atoms with van der Waals surface area (Å²) in [4.78, 5) is 14.0. The van der Waals surface area contributed by atoms with Crippen LogP contribution >= 0.6 is 11.3 Å². The van der Waals surface area contributed by atoms with Crippen molar-refractivity contribution in [1.29, 1.82) is 0 Å². The molecule has 2 aliphatic rings. The standard InChI is InChI=1S/C16H25N5S/c1-3-15-19-13(12-22-15)10-18-16(17-2)21-9-6-14(11-21)20-7-4-5-8-20/h4-5,12,14H,3,6-11H2,1-2H3,(H,17,18). The Morgan fingerprint density at radius 3 is 2.95 bits per heavy atom. The van der Waals surface area contributed by atoms with Gasteiger partial charge in [0.05, 0.1) is 17.2 Å². The average Bonchev–Trinajstić information content (AvgIpc) is 3.28. The Hall–Kier alpha value is -1.40. The van der Waals surface area contributed by atoms with Gasteiger partial charge in [0.2, 0.25) is 0 Å². The lowest BCUT2D eigenvalue weighted by Gasteiger charge is -2.25. The molecule has 0 aliphatic carbocycles. The first kappa shape index (κ1) is 15.5. The highest BCUT2D eigenvalue weighted by Crippen LogP contribution is 2.18. The Morgan fingerprint density at radius 2 is 2.27 bits per heavy atom. The number of aryl methyl sites for hydroxylation is 1. The molecule has 2 aliphatic heterocycles. The van der Waals surface area contributed by atoms with Gasteiger partial charge in [0.25, 0.3) is 0 Å². The highest BCUT2D eigenvalue weighted by atomic mass is 32.1. The second-order valence-electron chi connectivity index (χ2n) is 5.80. The van der Waals surface area contributed by atoms with Crippen LogP contribution < -0.4 is 5.32 Å². The molecule has 5 nitrogen and oxygen atoms in total. The topological polar surface area (TPSA) is 43.8 Å². The van der Waals surface area contributed by atoms with Crippen molar-refractivity contribution in [3.63, 3.8) is 0 Å². The number of guanidine groups is 1. The molecule has 1 unspecified atom stereocenters.